The highest BCUT2D eigenvalue weighted by atomic mass is 15.1. The summed E-state index contributed by atoms with van der Waals surface area (Å²) in [5, 5.41) is 3.54. The van der Waals surface area contributed by atoms with Crippen molar-refractivity contribution in [1.29, 1.82) is 0 Å². The first-order valence-corrected chi connectivity index (χ1v) is 7.59. The molecule has 0 aromatic rings. The Morgan fingerprint density at radius 3 is 2.65 bits per heavy atom. The summed E-state index contributed by atoms with van der Waals surface area (Å²) in [6.07, 6.45) is 7.09. The van der Waals surface area contributed by atoms with E-state index >= 15 is 0 Å². The molecule has 0 aromatic carbocycles. The zero-order chi connectivity index (χ0) is 12.3. The van der Waals surface area contributed by atoms with Crippen LogP contribution in [0.2, 0.25) is 0 Å². The lowest BCUT2D eigenvalue weighted by Gasteiger charge is -2.41. The van der Waals surface area contributed by atoms with E-state index in [0.717, 1.165) is 23.8 Å². The largest absolute Gasteiger partial charge is 0.316 e. The van der Waals surface area contributed by atoms with E-state index in [4.69, 9.17) is 0 Å². The molecule has 2 heteroatoms. The summed E-state index contributed by atoms with van der Waals surface area (Å²) < 4.78 is 0. The topological polar surface area (TPSA) is 15.3 Å². The summed E-state index contributed by atoms with van der Waals surface area (Å²) in [5.41, 5.74) is 0. The van der Waals surface area contributed by atoms with Crippen molar-refractivity contribution < 1.29 is 0 Å². The second-order valence-corrected chi connectivity index (χ2v) is 6.49. The van der Waals surface area contributed by atoms with Gasteiger partial charge >= 0.3 is 0 Å². The molecule has 2 nitrogen and oxygen atoms in total. The van der Waals surface area contributed by atoms with Gasteiger partial charge in [-0.3, -0.25) is 0 Å². The van der Waals surface area contributed by atoms with Gasteiger partial charge in [0.2, 0.25) is 0 Å². The molecule has 1 saturated carbocycles. The Balaban J connectivity index is 1.83. The molecule has 1 heterocycles. The minimum atomic E-state index is 0.834. The Labute approximate surface area is 107 Å². The maximum atomic E-state index is 3.54. The number of hydrogen-bond donors (Lipinski definition) is 1. The first kappa shape index (κ1) is 13.4. The van der Waals surface area contributed by atoms with Gasteiger partial charge in [-0.25, -0.2) is 0 Å². The molecular formula is C15H30N2. The van der Waals surface area contributed by atoms with Gasteiger partial charge in [0.05, 0.1) is 0 Å². The fourth-order valence-electron chi connectivity index (χ4n) is 3.80. The van der Waals surface area contributed by atoms with Gasteiger partial charge in [0.15, 0.2) is 0 Å². The van der Waals surface area contributed by atoms with Crippen molar-refractivity contribution in [1.82, 2.24) is 10.2 Å². The van der Waals surface area contributed by atoms with Crippen molar-refractivity contribution in [3.05, 3.63) is 0 Å². The van der Waals surface area contributed by atoms with Gasteiger partial charge in [0.25, 0.3) is 0 Å². The molecule has 2 aliphatic rings. The van der Waals surface area contributed by atoms with Crippen LogP contribution in [0, 0.1) is 17.8 Å². The molecule has 0 aromatic heterocycles. The second-order valence-electron chi connectivity index (χ2n) is 6.49. The third-order valence-corrected chi connectivity index (χ3v) is 5.18. The molecule has 1 aliphatic heterocycles. The number of rotatable bonds is 3. The van der Waals surface area contributed by atoms with Crippen molar-refractivity contribution >= 4 is 0 Å². The minimum absolute atomic E-state index is 0.834. The van der Waals surface area contributed by atoms with E-state index in [9.17, 15) is 0 Å². The zero-order valence-corrected chi connectivity index (χ0v) is 11.9. The highest BCUT2D eigenvalue weighted by Crippen LogP contribution is 2.32. The van der Waals surface area contributed by atoms with Crippen LogP contribution in [0.25, 0.3) is 0 Å². The van der Waals surface area contributed by atoms with Crippen LogP contribution in [-0.4, -0.2) is 37.6 Å². The van der Waals surface area contributed by atoms with Crippen LogP contribution in [0.15, 0.2) is 0 Å². The third-order valence-electron chi connectivity index (χ3n) is 5.18. The van der Waals surface area contributed by atoms with Crippen LogP contribution in [-0.2, 0) is 0 Å². The number of nitrogens with zero attached hydrogens (tertiary/aromatic N) is 1. The number of nitrogens with one attached hydrogen (secondary N) is 1. The quantitative estimate of drug-likeness (QED) is 0.813. The van der Waals surface area contributed by atoms with E-state index in [1.807, 2.05) is 0 Å². The standard InChI is InChI=1S/C15H30N2/c1-12-6-4-8-15(13(12)2)17(3)11-14-7-5-9-16-10-14/h12-16H,4-11H2,1-3H3. The minimum Gasteiger partial charge on any atom is -0.316 e. The van der Waals surface area contributed by atoms with E-state index < -0.39 is 0 Å². The van der Waals surface area contributed by atoms with Crippen molar-refractivity contribution in [3.8, 4) is 0 Å². The molecule has 0 spiro atoms. The van der Waals surface area contributed by atoms with Crippen molar-refractivity contribution in [3.63, 3.8) is 0 Å². The average Bonchev–Trinajstić information content (AvgIpc) is 2.34. The SMILES string of the molecule is CC1CCCC(N(C)CC2CCCNC2)C1C. The molecule has 1 saturated heterocycles. The summed E-state index contributed by atoms with van der Waals surface area (Å²) in [7, 11) is 2.35. The Morgan fingerprint density at radius 1 is 1.12 bits per heavy atom. The summed E-state index contributed by atoms with van der Waals surface area (Å²) in [6.45, 7) is 8.67. The normalized spacial score (nSPS) is 39.5. The van der Waals surface area contributed by atoms with Gasteiger partial charge in [-0.1, -0.05) is 26.7 Å². The van der Waals surface area contributed by atoms with Crippen LogP contribution in [0.4, 0.5) is 0 Å². The summed E-state index contributed by atoms with van der Waals surface area (Å²) in [6, 6.07) is 0.834. The predicted molar refractivity (Wildman–Crippen MR) is 74.2 cm³/mol. The molecule has 0 bridgehead atoms. The highest BCUT2D eigenvalue weighted by Gasteiger charge is 2.30. The first-order chi connectivity index (χ1) is 8.18. The summed E-state index contributed by atoms with van der Waals surface area (Å²) >= 11 is 0. The lowest BCUT2D eigenvalue weighted by Crippen LogP contribution is -2.46. The van der Waals surface area contributed by atoms with E-state index in [1.165, 1.54) is 51.7 Å². The molecular weight excluding hydrogens is 208 g/mol. The van der Waals surface area contributed by atoms with Crippen LogP contribution in [0.5, 0.6) is 0 Å². The first-order valence-electron chi connectivity index (χ1n) is 7.59. The van der Waals surface area contributed by atoms with Crippen LogP contribution >= 0.6 is 0 Å². The van der Waals surface area contributed by atoms with Crippen LogP contribution in [0.1, 0.15) is 46.0 Å². The van der Waals surface area contributed by atoms with Crippen molar-refractivity contribution in [2.75, 3.05) is 26.7 Å². The molecule has 100 valence electrons. The van der Waals surface area contributed by atoms with Gasteiger partial charge < -0.3 is 10.2 Å². The van der Waals surface area contributed by atoms with Gasteiger partial charge in [-0.05, 0) is 57.2 Å². The van der Waals surface area contributed by atoms with Crippen LogP contribution < -0.4 is 5.32 Å². The highest BCUT2D eigenvalue weighted by molar-refractivity contribution is 4.84. The molecule has 1 aliphatic carbocycles. The molecule has 4 atom stereocenters. The monoisotopic (exact) mass is 238 g/mol. The lowest BCUT2D eigenvalue weighted by atomic mass is 9.77. The molecule has 2 rings (SSSR count). The maximum Gasteiger partial charge on any atom is 0.0120 e. The molecule has 0 amide bonds. The van der Waals surface area contributed by atoms with Gasteiger partial charge in [0.1, 0.15) is 0 Å². The summed E-state index contributed by atoms with van der Waals surface area (Å²) in [5.74, 6) is 2.68. The van der Waals surface area contributed by atoms with Crippen molar-refractivity contribution in [2.45, 2.75) is 52.0 Å². The van der Waals surface area contributed by atoms with Gasteiger partial charge in [-0.2, -0.15) is 0 Å². The zero-order valence-electron chi connectivity index (χ0n) is 11.9. The van der Waals surface area contributed by atoms with Crippen molar-refractivity contribution in [2.24, 2.45) is 17.8 Å². The van der Waals surface area contributed by atoms with Gasteiger partial charge in [-0.15, -0.1) is 0 Å². The molecule has 2 fully saturated rings. The Hall–Kier alpha value is -0.0800. The maximum absolute atomic E-state index is 3.54. The van der Waals surface area contributed by atoms with Crippen LogP contribution in [0.3, 0.4) is 0 Å². The fraction of sp³-hybridized carbons (Fsp3) is 1.00. The van der Waals surface area contributed by atoms with E-state index in [2.05, 4.69) is 31.1 Å². The third kappa shape index (κ3) is 3.45. The van der Waals surface area contributed by atoms with Gasteiger partial charge in [0, 0.05) is 12.6 Å². The predicted octanol–water partition coefficient (Wildman–Crippen LogP) is 2.74. The Kier molecular flexibility index (Phi) is 4.87. The van der Waals surface area contributed by atoms with E-state index in [-0.39, 0.29) is 0 Å². The molecule has 0 radical (unpaired) electrons. The average molecular weight is 238 g/mol. The molecule has 17 heavy (non-hydrogen) atoms. The fourth-order valence-corrected chi connectivity index (χ4v) is 3.80. The lowest BCUT2D eigenvalue weighted by molar-refractivity contribution is 0.0854. The van der Waals surface area contributed by atoms with E-state index in [1.54, 1.807) is 0 Å². The van der Waals surface area contributed by atoms with E-state index in [0.29, 0.717) is 0 Å². The molecule has 1 N–H and O–H groups in total. The Morgan fingerprint density at radius 2 is 1.94 bits per heavy atom. The number of piperidine rings is 1. The smallest absolute Gasteiger partial charge is 0.0120 e. The second kappa shape index (κ2) is 6.19. The molecule has 4 unspecified atom stereocenters. The summed E-state index contributed by atoms with van der Waals surface area (Å²) in [4.78, 5) is 2.66. The number of hydrogen-bond acceptors (Lipinski definition) is 2. The Bertz CT molecular complexity index is 223.